The number of aromatic amines is 1. The van der Waals surface area contributed by atoms with Crippen LogP contribution in [0.2, 0.25) is 0 Å². The molecule has 0 saturated heterocycles. The summed E-state index contributed by atoms with van der Waals surface area (Å²) < 4.78 is 1.96. The quantitative estimate of drug-likeness (QED) is 0.830. The van der Waals surface area contributed by atoms with E-state index >= 15 is 0 Å². The van der Waals surface area contributed by atoms with Crippen LogP contribution < -0.4 is 16.6 Å². The second-order valence-corrected chi connectivity index (χ2v) is 4.86. The van der Waals surface area contributed by atoms with Crippen LogP contribution in [0.25, 0.3) is 10.9 Å². The van der Waals surface area contributed by atoms with Crippen molar-refractivity contribution in [1.82, 2.24) is 14.9 Å². The molecule has 2 rings (SSSR count). The van der Waals surface area contributed by atoms with Crippen molar-refractivity contribution in [2.24, 2.45) is 0 Å². The van der Waals surface area contributed by atoms with Crippen LogP contribution in [0.3, 0.4) is 0 Å². The largest absolute Gasteiger partial charge is 0.328 e. The van der Waals surface area contributed by atoms with Crippen molar-refractivity contribution in [3.05, 3.63) is 43.5 Å². The average molecular weight is 312 g/mol. The highest BCUT2D eigenvalue weighted by molar-refractivity contribution is 9.10. The van der Waals surface area contributed by atoms with Gasteiger partial charge in [0, 0.05) is 11.0 Å². The number of rotatable bonds is 4. The maximum absolute atomic E-state index is 12.2. The molecular weight excluding hydrogens is 298 g/mol. The molecule has 0 radical (unpaired) electrons. The monoisotopic (exact) mass is 311 g/mol. The minimum absolute atomic E-state index is 0.244. The Balaban J connectivity index is 2.56. The maximum Gasteiger partial charge on any atom is 0.328 e. The highest BCUT2D eigenvalue weighted by atomic mass is 79.9. The van der Waals surface area contributed by atoms with Crippen LogP contribution in [0.15, 0.2) is 32.3 Å². The van der Waals surface area contributed by atoms with Crippen LogP contribution in [0, 0.1) is 0 Å². The zero-order valence-corrected chi connectivity index (χ0v) is 11.6. The van der Waals surface area contributed by atoms with Gasteiger partial charge in [0.15, 0.2) is 0 Å². The first-order chi connectivity index (χ1) is 8.65. The van der Waals surface area contributed by atoms with Gasteiger partial charge in [-0.1, -0.05) is 6.07 Å². The Hall–Kier alpha value is -1.40. The van der Waals surface area contributed by atoms with E-state index in [9.17, 15) is 9.59 Å². The van der Waals surface area contributed by atoms with Gasteiger partial charge in [0.05, 0.1) is 10.9 Å². The van der Waals surface area contributed by atoms with E-state index in [0.29, 0.717) is 17.4 Å². The van der Waals surface area contributed by atoms with Crippen LogP contribution in [0.1, 0.15) is 6.42 Å². The van der Waals surface area contributed by atoms with Crippen molar-refractivity contribution in [2.45, 2.75) is 13.0 Å². The molecule has 0 spiro atoms. The van der Waals surface area contributed by atoms with Gasteiger partial charge < -0.3 is 10.3 Å². The highest BCUT2D eigenvalue weighted by Crippen LogP contribution is 2.17. The van der Waals surface area contributed by atoms with E-state index in [1.54, 1.807) is 18.2 Å². The molecular formula is C12H14BrN3O2. The van der Waals surface area contributed by atoms with E-state index in [2.05, 4.69) is 26.2 Å². The number of fused-ring (bicyclic) bond motifs is 1. The van der Waals surface area contributed by atoms with Crippen molar-refractivity contribution in [3.8, 4) is 0 Å². The van der Waals surface area contributed by atoms with E-state index in [1.807, 2.05) is 7.05 Å². The van der Waals surface area contributed by atoms with Gasteiger partial charge in [-0.3, -0.25) is 9.36 Å². The van der Waals surface area contributed by atoms with Crippen molar-refractivity contribution >= 4 is 26.8 Å². The lowest BCUT2D eigenvalue weighted by atomic mass is 10.2. The molecule has 0 bridgehead atoms. The molecule has 0 aliphatic rings. The Bertz CT molecular complexity index is 675. The van der Waals surface area contributed by atoms with Crippen LogP contribution in [0.4, 0.5) is 0 Å². The van der Waals surface area contributed by atoms with Gasteiger partial charge in [0.25, 0.3) is 5.56 Å². The summed E-state index contributed by atoms with van der Waals surface area (Å²) in [7, 11) is 1.84. The fraction of sp³-hybridized carbons (Fsp3) is 0.333. The first-order valence-electron chi connectivity index (χ1n) is 5.71. The van der Waals surface area contributed by atoms with Crippen LogP contribution >= 0.6 is 15.9 Å². The summed E-state index contributed by atoms with van der Waals surface area (Å²) in [4.78, 5) is 26.8. The molecule has 2 aromatic rings. The lowest BCUT2D eigenvalue weighted by Gasteiger charge is -2.06. The summed E-state index contributed by atoms with van der Waals surface area (Å²) in [6.45, 7) is 1.18. The van der Waals surface area contributed by atoms with Crippen molar-refractivity contribution in [1.29, 1.82) is 0 Å². The molecule has 96 valence electrons. The number of hydrogen-bond donors (Lipinski definition) is 2. The van der Waals surface area contributed by atoms with Gasteiger partial charge in [0.2, 0.25) is 0 Å². The molecule has 1 aromatic heterocycles. The molecule has 6 heteroatoms. The Morgan fingerprint density at radius 1 is 1.39 bits per heavy atom. The number of halogens is 1. The molecule has 5 nitrogen and oxygen atoms in total. The van der Waals surface area contributed by atoms with Crippen LogP contribution in [-0.4, -0.2) is 23.1 Å². The van der Waals surface area contributed by atoms with Crippen LogP contribution in [0.5, 0.6) is 0 Å². The molecule has 0 unspecified atom stereocenters. The van der Waals surface area contributed by atoms with E-state index in [-0.39, 0.29) is 11.2 Å². The first-order valence-corrected chi connectivity index (χ1v) is 6.50. The normalized spacial score (nSPS) is 11.0. The molecule has 0 amide bonds. The number of nitrogens with one attached hydrogen (secondary N) is 2. The van der Waals surface area contributed by atoms with E-state index in [1.165, 1.54) is 4.57 Å². The number of para-hydroxylation sites is 1. The summed E-state index contributed by atoms with van der Waals surface area (Å²) in [6.07, 6.45) is 0.735. The summed E-state index contributed by atoms with van der Waals surface area (Å²) in [6, 6.07) is 5.29. The third kappa shape index (κ3) is 2.39. The number of hydrogen-bond acceptors (Lipinski definition) is 3. The number of nitrogens with zero attached hydrogens (tertiary/aromatic N) is 1. The van der Waals surface area contributed by atoms with Gasteiger partial charge >= 0.3 is 5.69 Å². The predicted octanol–water partition coefficient (Wildman–Crippen LogP) is 1.06. The number of benzene rings is 1. The summed E-state index contributed by atoms with van der Waals surface area (Å²) in [5.74, 6) is 0. The first kappa shape index (κ1) is 13.0. The number of H-pyrrole nitrogens is 1. The second kappa shape index (κ2) is 5.49. The molecule has 18 heavy (non-hydrogen) atoms. The molecule has 0 atom stereocenters. The topological polar surface area (TPSA) is 66.9 Å². The molecule has 2 N–H and O–H groups in total. The van der Waals surface area contributed by atoms with Crippen molar-refractivity contribution in [2.75, 3.05) is 13.6 Å². The Labute approximate surface area is 112 Å². The van der Waals surface area contributed by atoms with Crippen molar-refractivity contribution in [3.63, 3.8) is 0 Å². The van der Waals surface area contributed by atoms with Gasteiger partial charge in [-0.05, 0) is 48.1 Å². The van der Waals surface area contributed by atoms with Crippen molar-refractivity contribution < 1.29 is 0 Å². The summed E-state index contributed by atoms with van der Waals surface area (Å²) >= 11 is 3.33. The fourth-order valence-corrected chi connectivity index (χ4v) is 2.32. The molecule has 1 heterocycles. The van der Waals surface area contributed by atoms with E-state index in [0.717, 1.165) is 17.4 Å². The molecule has 1 aromatic carbocycles. The highest BCUT2D eigenvalue weighted by Gasteiger charge is 2.08. The molecule has 0 saturated carbocycles. The van der Waals surface area contributed by atoms with Crippen LogP contribution in [-0.2, 0) is 6.54 Å². The van der Waals surface area contributed by atoms with E-state index < -0.39 is 0 Å². The zero-order chi connectivity index (χ0) is 13.1. The Morgan fingerprint density at radius 2 is 2.17 bits per heavy atom. The number of aromatic nitrogens is 2. The van der Waals surface area contributed by atoms with Gasteiger partial charge in [-0.25, -0.2) is 4.79 Å². The third-order valence-electron chi connectivity index (χ3n) is 2.77. The second-order valence-electron chi connectivity index (χ2n) is 4.01. The lowest BCUT2D eigenvalue weighted by Crippen LogP contribution is -2.35. The smallest absolute Gasteiger partial charge is 0.320 e. The van der Waals surface area contributed by atoms with Gasteiger partial charge in [-0.15, -0.1) is 0 Å². The lowest BCUT2D eigenvalue weighted by molar-refractivity contribution is 0.577. The van der Waals surface area contributed by atoms with Gasteiger partial charge in [-0.2, -0.15) is 0 Å². The molecule has 0 aliphatic carbocycles. The predicted molar refractivity (Wildman–Crippen MR) is 75.1 cm³/mol. The molecule has 0 fully saturated rings. The average Bonchev–Trinajstić information content (AvgIpc) is 2.35. The Kier molecular flexibility index (Phi) is 3.98. The summed E-state index contributed by atoms with van der Waals surface area (Å²) in [5.41, 5.74) is -0.0565. The van der Waals surface area contributed by atoms with E-state index in [4.69, 9.17) is 0 Å². The SMILES string of the molecule is CNCCCn1c(=O)[nH]c2c(Br)cccc2c1=O. The summed E-state index contributed by atoms with van der Waals surface area (Å²) in [5, 5.41) is 3.51. The zero-order valence-electron chi connectivity index (χ0n) is 10.00. The minimum Gasteiger partial charge on any atom is -0.320 e. The minimum atomic E-state index is -0.365. The Morgan fingerprint density at radius 3 is 2.89 bits per heavy atom. The third-order valence-corrected chi connectivity index (χ3v) is 3.44. The molecule has 0 aliphatic heterocycles. The van der Waals surface area contributed by atoms with Gasteiger partial charge in [0.1, 0.15) is 0 Å². The standard InChI is InChI=1S/C12H14BrN3O2/c1-14-6-3-7-16-11(17)8-4-2-5-9(13)10(8)15-12(16)18/h2,4-5,14H,3,6-7H2,1H3,(H,15,18). The maximum atomic E-state index is 12.2. The fourth-order valence-electron chi connectivity index (χ4n) is 1.86.